The van der Waals surface area contributed by atoms with Crippen LogP contribution in [0.2, 0.25) is 0 Å². The van der Waals surface area contributed by atoms with E-state index in [9.17, 15) is 9.18 Å². The van der Waals surface area contributed by atoms with E-state index in [2.05, 4.69) is 15.2 Å². The molecule has 1 aromatic carbocycles. The van der Waals surface area contributed by atoms with Gasteiger partial charge in [0, 0.05) is 24.9 Å². The molecule has 0 unspecified atom stereocenters. The summed E-state index contributed by atoms with van der Waals surface area (Å²) in [4.78, 5) is 19.1. The molecular formula is C18H22FN3OS. The molecule has 1 atom stereocenters. The van der Waals surface area contributed by atoms with E-state index in [0.717, 1.165) is 42.1 Å². The Morgan fingerprint density at radius 1 is 1.42 bits per heavy atom. The first-order chi connectivity index (χ1) is 11.6. The molecule has 1 aliphatic rings. The lowest BCUT2D eigenvalue weighted by molar-refractivity contribution is -0.125. The summed E-state index contributed by atoms with van der Waals surface area (Å²) in [5, 5.41) is 6.12. The molecule has 0 saturated carbocycles. The van der Waals surface area contributed by atoms with Crippen LogP contribution in [0.1, 0.15) is 29.1 Å². The van der Waals surface area contributed by atoms with Gasteiger partial charge >= 0.3 is 0 Å². The average Bonchev–Trinajstić information content (AvgIpc) is 3.18. The monoisotopic (exact) mass is 347 g/mol. The number of halogens is 1. The van der Waals surface area contributed by atoms with Crippen molar-refractivity contribution in [3.63, 3.8) is 0 Å². The molecule has 1 amide bonds. The molecule has 0 aliphatic carbocycles. The Labute approximate surface area is 145 Å². The number of hydrogen-bond acceptors (Lipinski definition) is 4. The second-order valence-corrected chi connectivity index (χ2v) is 7.22. The van der Waals surface area contributed by atoms with Crippen molar-refractivity contribution in [2.45, 2.75) is 38.8 Å². The van der Waals surface area contributed by atoms with E-state index < -0.39 is 0 Å². The molecule has 6 heteroatoms. The quantitative estimate of drug-likeness (QED) is 0.874. The van der Waals surface area contributed by atoms with Crippen LogP contribution in [0, 0.1) is 12.7 Å². The largest absolute Gasteiger partial charge is 0.354 e. The van der Waals surface area contributed by atoms with E-state index in [4.69, 9.17) is 0 Å². The molecule has 0 bridgehead atoms. The summed E-state index contributed by atoms with van der Waals surface area (Å²) in [7, 11) is 0. The first kappa shape index (κ1) is 17.0. The molecule has 0 spiro atoms. The topological polar surface area (TPSA) is 45.2 Å². The van der Waals surface area contributed by atoms with Crippen molar-refractivity contribution in [1.29, 1.82) is 0 Å². The number of nitrogens with zero attached hydrogens (tertiary/aromatic N) is 2. The van der Waals surface area contributed by atoms with Crippen molar-refractivity contribution in [2.24, 2.45) is 0 Å². The van der Waals surface area contributed by atoms with Gasteiger partial charge in [0.2, 0.25) is 5.91 Å². The van der Waals surface area contributed by atoms with Crippen LogP contribution in [0.3, 0.4) is 0 Å². The van der Waals surface area contributed by atoms with E-state index in [1.54, 1.807) is 23.5 Å². The number of hydrogen-bond donors (Lipinski definition) is 1. The fourth-order valence-electron chi connectivity index (χ4n) is 3.09. The van der Waals surface area contributed by atoms with Crippen LogP contribution >= 0.6 is 11.3 Å². The Balaban J connectivity index is 1.50. The number of carbonyl (C=O) groups is 1. The smallest absolute Gasteiger partial charge is 0.237 e. The number of carbonyl (C=O) groups excluding carboxylic acids is 1. The van der Waals surface area contributed by atoms with Crippen LogP contribution in [-0.4, -0.2) is 34.9 Å². The van der Waals surface area contributed by atoms with E-state index >= 15 is 0 Å². The standard InChI is InChI=1S/C18H22FN3OS/c1-13-21-16(12-24-13)8-9-20-18(23)17-3-2-10-22(17)11-14-4-6-15(19)7-5-14/h4-7,12,17H,2-3,8-11H2,1H3,(H,20,23)/t17-/m0/s1. The highest BCUT2D eigenvalue weighted by atomic mass is 32.1. The summed E-state index contributed by atoms with van der Waals surface area (Å²) in [6.07, 6.45) is 2.66. The van der Waals surface area contributed by atoms with Gasteiger partial charge in [0.05, 0.1) is 16.7 Å². The number of likely N-dealkylation sites (tertiary alicyclic amines) is 1. The minimum Gasteiger partial charge on any atom is -0.354 e. The zero-order valence-corrected chi connectivity index (χ0v) is 14.6. The van der Waals surface area contributed by atoms with Crippen LogP contribution in [0.5, 0.6) is 0 Å². The van der Waals surface area contributed by atoms with Crippen molar-refractivity contribution < 1.29 is 9.18 Å². The molecule has 1 fully saturated rings. The number of thiazole rings is 1. The van der Waals surface area contributed by atoms with Gasteiger partial charge in [-0.25, -0.2) is 9.37 Å². The predicted molar refractivity (Wildman–Crippen MR) is 93.4 cm³/mol. The van der Waals surface area contributed by atoms with Gasteiger partial charge < -0.3 is 5.32 Å². The summed E-state index contributed by atoms with van der Waals surface area (Å²) in [6.45, 7) is 4.19. The molecule has 4 nitrogen and oxygen atoms in total. The van der Waals surface area contributed by atoms with Crippen molar-refractivity contribution in [3.8, 4) is 0 Å². The SMILES string of the molecule is Cc1nc(CCNC(=O)[C@@H]2CCCN2Cc2ccc(F)cc2)cs1. The lowest BCUT2D eigenvalue weighted by Crippen LogP contribution is -2.43. The van der Waals surface area contributed by atoms with Crippen LogP contribution in [-0.2, 0) is 17.8 Å². The lowest BCUT2D eigenvalue weighted by atomic mass is 10.1. The highest BCUT2D eigenvalue weighted by Crippen LogP contribution is 2.20. The molecule has 1 aromatic heterocycles. The number of nitrogens with one attached hydrogen (secondary N) is 1. The van der Waals surface area contributed by atoms with Gasteiger partial charge in [-0.15, -0.1) is 11.3 Å². The molecule has 1 aliphatic heterocycles. The van der Waals surface area contributed by atoms with Gasteiger partial charge in [-0.1, -0.05) is 12.1 Å². The Kier molecular flexibility index (Phi) is 5.58. The van der Waals surface area contributed by atoms with Crippen LogP contribution in [0.25, 0.3) is 0 Å². The lowest BCUT2D eigenvalue weighted by Gasteiger charge is -2.23. The Hall–Kier alpha value is -1.79. The molecule has 2 aromatic rings. The zero-order valence-electron chi connectivity index (χ0n) is 13.8. The number of benzene rings is 1. The summed E-state index contributed by atoms with van der Waals surface area (Å²) in [5.74, 6) is -0.145. The predicted octanol–water partition coefficient (Wildman–Crippen LogP) is 2.91. The third-order valence-electron chi connectivity index (χ3n) is 4.31. The average molecular weight is 347 g/mol. The van der Waals surface area contributed by atoms with Crippen LogP contribution in [0.15, 0.2) is 29.6 Å². The van der Waals surface area contributed by atoms with Crippen LogP contribution in [0.4, 0.5) is 4.39 Å². The molecular weight excluding hydrogens is 325 g/mol. The molecule has 0 radical (unpaired) electrons. The molecule has 2 heterocycles. The summed E-state index contributed by atoms with van der Waals surface area (Å²) >= 11 is 1.63. The first-order valence-corrected chi connectivity index (χ1v) is 9.17. The molecule has 24 heavy (non-hydrogen) atoms. The summed E-state index contributed by atoms with van der Waals surface area (Å²) < 4.78 is 13.0. The van der Waals surface area contributed by atoms with E-state index in [-0.39, 0.29) is 17.8 Å². The number of aromatic nitrogens is 1. The van der Waals surface area contributed by atoms with Crippen molar-refractivity contribution >= 4 is 17.2 Å². The first-order valence-electron chi connectivity index (χ1n) is 8.29. The number of aryl methyl sites for hydroxylation is 1. The van der Waals surface area contributed by atoms with Gasteiger partial charge in [-0.2, -0.15) is 0 Å². The number of amides is 1. The highest BCUT2D eigenvalue weighted by molar-refractivity contribution is 7.09. The zero-order chi connectivity index (χ0) is 16.9. The normalized spacial score (nSPS) is 18.0. The molecule has 1 saturated heterocycles. The van der Waals surface area contributed by atoms with Gasteiger partial charge in [0.1, 0.15) is 5.82 Å². The minimum atomic E-state index is -0.230. The van der Waals surface area contributed by atoms with Crippen molar-refractivity contribution in [1.82, 2.24) is 15.2 Å². The van der Waals surface area contributed by atoms with E-state index in [1.807, 2.05) is 12.3 Å². The van der Waals surface area contributed by atoms with Crippen LogP contribution < -0.4 is 5.32 Å². The summed E-state index contributed by atoms with van der Waals surface area (Å²) in [6, 6.07) is 6.42. The van der Waals surface area contributed by atoms with Crippen molar-refractivity contribution in [3.05, 3.63) is 51.7 Å². The molecule has 128 valence electrons. The maximum atomic E-state index is 13.0. The summed E-state index contributed by atoms with van der Waals surface area (Å²) in [5.41, 5.74) is 2.07. The van der Waals surface area contributed by atoms with Gasteiger partial charge in [-0.3, -0.25) is 9.69 Å². The minimum absolute atomic E-state index is 0.0848. The Morgan fingerprint density at radius 3 is 2.92 bits per heavy atom. The molecule has 3 rings (SSSR count). The van der Waals surface area contributed by atoms with Gasteiger partial charge in [-0.05, 0) is 44.0 Å². The molecule has 1 N–H and O–H groups in total. The maximum absolute atomic E-state index is 13.0. The second-order valence-electron chi connectivity index (χ2n) is 6.15. The maximum Gasteiger partial charge on any atom is 0.237 e. The third-order valence-corrected chi connectivity index (χ3v) is 5.13. The Morgan fingerprint density at radius 2 is 2.21 bits per heavy atom. The fourth-order valence-corrected chi connectivity index (χ4v) is 3.74. The highest BCUT2D eigenvalue weighted by Gasteiger charge is 2.30. The van der Waals surface area contributed by atoms with Crippen molar-refractivity contribution in [2.75, 3.05) is 13.1 Å². The third kappa shape index (κ3) is 4.39. The van der Waals surface area contributed by atoms with E-state index in [0.29, 0.717) is 13.1 Å². The van der Waals surface area contributed by atoms with E-state index in [1.165, 1.54) is 12.1 Å². The number of rotatable bonds is 6. The fraction of sp³-hybridized carbons (Fsp3) is 0.444. The van der Waals surface area contributed by atoms with Gasteiger partial charge in [0.25, 0.3) is 0 Å². The Bertz CT molecular complexity index is 686. The van der Waals surface area contributed by atoms with Gasteiger partial charge in [0.15, 0.2) is 0 Å². The second kappa shape index (κ2) is 7.85.